The largest absolute Gasteiger partial charge is 0.495 e. The maximum absolute atomic E-state index is 13.1. The lowest BCUT2D eigenvalue weighted by molar-refractivity contribution is 0.102. The van der Waals surface area contributed by atoms with Crippen LogP contribution in [0.5, 0.6) is 5.75 Å². The van der Waals surface area contributed by atoms with Crippen LogP contribution in [0.3, 0.4) is 0 Å². The maximum Gasteiger partial charge on any atom is 0.271 e. The zero-order valence-electron chi connectivity index (χ0n) is 15.3. The molecule has 2 heterocycles. The van der Waals surface area contributed by atoms with Gasteiger partial charge in [-0.1, -0.05) is 42.0 Å². The van der Waals surface area contributed by atoms with Crippen molar-refractivity contribution in [2.45, 2.75) is 6.92 Å². The van der Waals surface area contributed by atoms with Gasteiger partial charge in [0.15, 0.2) is 4.96 Å². The van der Waals surface area contributed by atoms with E-state index in [0.717, 1.165) is 11.1 Å². The number of rotatable bonds is 4. The Morgan fingerprint density at radius 3 is 2.64 bits per heavy atom. The standard InChI is InChI=1S/C21H17N3O3S/c1-13-7-9-14(10-8-13)17-12-28-21-22-11-15(20(26)24(17)21)19(25)23-16-5-3-4-6-18(16)27-2/h3-12H,1-2H3,(H,23,25). The average Bonchev–Trinajstić information content (AvgIpc) is 3.14. The molecule has 2 aromatic carbocycles. The number of carbonyl (C=O) groups is 1. The minimum Gasteiger partial charge on any atom is -0.495 e. The molecular weight excluding hydrogens is 374 g/mol. The van der Waals surface area contributed by atoms with E-state index in [9.17, 15) is 9.59 Å². The molecule has 1 amide bonds. The van der Waals surface area contributed by atoms with Crippen LogP contribution in [0.15, 0.2) is 64.9 Å². The molecule has 0 aliphatic heterocycles. The highest BCUT2D eigenvalue weighted by molar-refractivity contribution is 7.15. The van der Waals surface area contributed by atoms with Crippen LogP contribution >= 0.6 is 11.3 Å². The molecule has 0 unspecified atom stereocenters. The van der Waals surface area contributed by atoms with Crippen molar-refractivity contribution in [3.8, 4) is 17.0 Å². The van der Waals surface area contributed by atoms with E-state index < -0.39 is 11.5 Å². The molecule has 28 heavy (non-hydrogen) atoms. The van der Waals surface area contributed by atoms with Crippen LogP contribution in [0.2, 0.25) is 0 Å². The second kappa shape index (κ2) is 7.28. The summed E-state index contributed by atoms with van der Waals surface area (Å²) < 4.78 is 6.72. The van der Waals surface area contributed by atoms with Gasteiger partial charge in [-0.2, -0.15) is 0 Å². The molecule has 140 valence electrons. The number of nitrogens with one attached hydrogen (secondary N) is 1. The van der Waals surface area contributed by atoms with Crippen molar-refractivity contribution in [1.29, 1.82) is 0 Å². The Balaban J connectivity index is 1.77. The zero-order valence-corrected chi connectivity index (χ0v) is 16.1. The van der Waals surface area contributed by atoms with Gasteiger partial charge in [0, 0.05) is 11.6 Å². The van der Waals surface area contributed by atoms with Crippen LogP contribution in [0.25, 0.3) is 16.2 Å². The van der Waals surface area contributed by atoms with Gasteiger partial charge in [0.2, 0.25) is 0 Å². The first kappa shape index (κ1) is 17.9. The molecule has 2 aromatic heterocycles. The molecule has 7 heteroatoms. The van der Waals surface area contributed by atoms with Crippen LogP contribution in [0, 0.1) is 6.92 Å². The van der Waals surface area contributed by atoms with E-state index in [4.69, 9.17) is 4.74 Å². The SMILES string of the molecule is COc1ccccc1NC(=O)c1cnc2scc(-c3ccc(C)cc3)n2c1=O. The molecular formula is C21H17N3O3S. The van der Waals surface area contributed by atoms with E-state index in [1.165, 1.54) is 29.0 Å². The van der Waals surface area contributed by atoms with Gasteiger partial charge >= 0.3 is 0 Å². The van der Waals surface area contributed by atoms with E-state index >= 15 is 0 Å². The van der Waals surface area contributed by atoms with Crippen LogP contribution < -0.4 is 15.6 Å². The van der Waals surface area contributed by atoms with Crippen LogP contribution in [-0.4, -0.2) is 22.4 Å². The number of thiazole rings is 1. The van der Waals surface area contributed by atoms with E-state index in [1.807, 2.05) is 36.6 Å². The highest BCUT2D eigenvalue weighted by Crippen LogP contribution is 2.25. The van der Waals surface area contributed by atoms with E-state index in [2.05, 4.69) is 10.3 Å². The topological polar surface area (TPSA) is 72.7 Å². The van der Waals surface area contributed by atoms with Gasteiger partial charge in [-0.3, -0.25) is 14.0 Å². The molecule has 0 fully saturated rings. The van der Waals surface area contributed by atoms with Crippen molar-refractivity contribution < 1.29 is 9.53 Å². The first-order chi connectivity index (χ1) is 13.6. The lowest BCUT2D eigenvalue weighted by Gasteiger charge is -2.09. The highest BCUT2D eigenvalue weighted by Gasteiger charge is 2.18. The van der Waals surface area contributed by atoms with E-state index in [1.54, 1.807) is 24.3 Å². The molecule has 0 saturated heterocycles. The summed E-state index contributed by atoms with van der Waals surface area (Å²) in [6.45, 7) is 2.00. The number of anilines is 1. The van der Waals surface area contributed by atoms with Gasteiger partial charge in [-0.15, -0.1) is 11.3 Å². The molecule has 0 saturated carbocycles. The Bertz CT molecular complexity index is 1230. The second-order valence-corrected chi connectivity index (χ2v) is 7.07. The first-order valence-electron chi connectivity index (χ1n) is 8.59. The van der Waals surface area contributed by atoms with E-state index in [0.29, 0.717) is 22.1 Å². The van der Waals surface area contributed by atoms with Gasteiger partial charge in [0.1, 0.15) is 11.3 Å². The zero-order chi connectivity index (χ0) is 19.7. The normalized spacial score (nSPS) is 10.8. The Morgan fingerprint density at radius 1 is 1.14 bits per heavy atom. The molecule has 4 rings (SSSR count). The third kappa shape index (κ3) is 3.16. The number of nitrogens with zero attached hydrogens (tertiary/aromatic N) is 2. The molecule has 4 aromatic rings. The minimum atomic E-state index is -0.530. The van der Waals surface area contributed by atoms with Crippen molar-refractivity contribution in [3.63, 3.8) is 0 Å². The number of hydrogen-bond donors (Lipinski definition) is 1. The number of benzene rings is 2. The van der Waals surface area contributed by atoms with Crippen LogP contribution in [0.1, 0.15) is 15.9 Å². The summed E-state index contributed by atoms with van der Waals surface area (Å²) in [4.78, 5) is 30.7. The molecule has 0 atom stereocenters. The quantitative estimate of drug-likeness (QED) is 0.571. The van der Waals surface area contributed by atoms with Gasteiger partial charge in [0.05, 0.1) is 18.5 Å². The highest BCUT2D eigenvalue weighted by atomic mass is 32.1. The Labute approximate surface area is 165 Å². The summed E-state index contributed by atoms with van der Waals surface area (Å²) in [7, 11) is 1.52. The fourth-order valence-electron chi connectivity index (χ4n) is 2.91. The molecule has 0 aliphatic rings. The predicted octanol–water partition coefficient (Wildman–Crippen LogP) is 3.99. The number of aromatic nitrogens is 2. The summed E-state index contributed by atoms with van der Waals surface area (Å²) in [6.07, 6.45) is 1.32. The fraction of sp³-hybridized carbons (Fsp3) is 0.0952. The predicted molar refractivity (Wildman–Crippen MR) is 110 cm³/mol. The summed E-state index contributed by atoms with van der Waals surface area (Å²) >= 11 is 1.36. The fourth-order valence-corrected chi connectivity index (χ4v) is 3.77. The summed E-state index contributed by atoms with van der Waals surface area (Å²) in [6, 6.07) is 14.9. The van der Waals surface area contributed by atoms with Gasteiger partial charge in [-0.25, -0.2) is 4.98 Å². The first-order valence-corrected chi connectivity index (χ1v) is 9.47. The third-order valence-corrected chi connectivity index (χ3v) is 5.23. The number of ether oxygens (including phenoxy) is 1. The van der Waals surface area contributed by atoms with E-state index in [-0.39, 0.29) is 5.56 Å². The molecule has 0 spiro atoms. The molecule has 0 aliphatic carbocycles. The van der Waals surface area contributed by atoms with Crippen molar-refractivity contribution in [2.24, 2.45) is 0 Å². The van der Waals surface area contributed by atoms with Gasteiger partial charge in [0.25, 0.3) is 11.5 Å². The van der Waals surface area contributed by atoms with Gasteiger partial charge in [-0.05, 0) is 24.6 Å². The van der Waals surface area contributed by atoms with Crippen molar-refractivity contribution >= 4 is 27.9 Å². The average molecular weight is 391 g/mol. The number of amides is 1. The number of carbonyl (C=O) groups excluding carboxylic acids is 1. The molecule has 0 radical (unpaired) electrons. The van der Waals surface area contributed by atoms with Gasteiger partial charge < -0.3 is 10.1 Å². The van der Waals surface area contributed by atoms with Crippen molar-refractivity contribution in [3.05, 3.63) is 81.6 Å². The summed E-state index contributed by atoms with van der Waals surface area (Å²) in [5.74, 6) is -0.0154. The smallest absolute Gasteiger partial charge is 0.271 e. The maximum atomic E-state index is 13.1. The third-order valence-electron chi connectivity index (χ3n) is 4.39. The lowest BCUT2D eigenvalue weighted by atomic mass is 10.1. The minimum absolute atomic E-state index is 0.0323. The monoisotopic (exact) mass is 391 g/mol. The second-order valence-electron chi connectivity index (χ2n) is 6.24. The van der Waals surface area contributed by atoms with Crippen molar-refractivity contribution in [2.75, 3.05) is 12.4 Å². The Morgan fingerprint density at radius 2 is 1.89 bits per heavy atom. The Kier molecular flexibility index (Phi) is 4.67. The number of hydrogen-bond acceptors (Lipinski definition) is 5. The summed E-state index contributed by atoms with van der Waals surface area (Å²) in [5, 5.41) is 4.60. The van der Waals surface area contributed by atoms with Crippen molar-refractivity contribution in [1.82, 2.24) is 9.38 Å². The molecule has 1 N–H and O–H groups in total. The summed E-state index contributed by atoms with van der Waals surface area (Å²) in [5.41, 5.74) is 2.78. The number of para-hydroxylation sites is 2. The Hall–Kier alpha value is -3.45. The lowest BCUT2D eigenvalue weighted by Crippen LogP contribution is -2.26. The van der Waals surface area contributed by atoms with Crippen LogP contribution in [-0.2, 0) is 0 Å². The number of aryl methyl sites for hydroxylation is 1. The van der Waals surface area contributed by atoms with Crippen LogP contribution in [0.4, 0.5) is 5.69 Å². The molecule has 6 nitrogen and oxygen atoms in total. The molecule has 0 bridgehead atoms. The number of fused-ring (bicyclic) bond motifs is 1. The number of methoxy groups -OCH3 is 1.